The Labute approximate surface area is 215 Å². The molecule has 1 aliphatic heterocycles. The Morgan fingerprint density at radius 2 is 1.56 bits per heavy atom. The lowest BCUT2D eigenvalue weighted by Gasteiger charge is -2.20. The van der Waals surface area contributed by atoms with Crippen molar-refractivity contribution in [1.29, 1.82) is 0 Å². The lowest BCUT2D eigenvalue weighted by Crippen LogP contribution is -2.25. The van der Waals surface area contributed by atoms with E-state index < -0.39 is 20.0 Å². The maximum atomic E-state index is 13.0. The molecule has 0 radical (unpaired) electrons. The number of carbonyl (C=O) groups is 1. The van der Waals surface area contributed by atoms with Crippen LogP contribution in [-0.4, -0.2) is 36.4 Å². The number of nitrogens with one attached hydrogen (secondary N) is 2. The van der Waals surface area contributed by atoms with Gasteiger partial charge in [-0.05, 0) is 73.5 Å². The van der Waals surface area contributed by atoms with Crippen molar-refractivity contribution in [1.82, 2.24) is 0 Å². The van der Waals surface area contributed by atoms with E-state index in [4.69, 9.17) is 16.3 Å². The Balaban J connectivity index is 1.55. The molecule has 3 aromatic carbocycles. The van der Waals surface area contributed by atoms with Crippen LogP contribution in [0.25, 0.3) is 0 Å². The smallest absolute Gasteiger partial charge is 0.261 e. The molecule has 0 atom stereocenters. The number of methoxy groups -OCH3 is 1. The summed E-state index contributed by atoms with van der Waals surface area (Å²) in [6.45, 7) is 2.22. The normalized spacial score (nSPS) is 14.1. The third-order valence-corrected chi connectivity index (χ3v) is 8.68. The van der Waals surface area contributed by atoms with Crippen molar-refractivity contribution in [3.63, 3.8) is 0 Å². The quantitative estimate of drug-likeness (QED) is 0.430. The molecule has 0 aliphatic carbocycles. The van der Waals surface area contributed by atoms with Crippen molar-refractivity contribution in [3.05, 3.63) is 71.2 Å². The average Bonchev–Trinajstić information content (AvgIpc) is 3.26. The van der Waals surface area contributed by atoms with Crippen LogP contribution in [0, 0.1) is 6.92 Å². The number of carbonyl (C=O) groups excluding carboxylic acids is 1. The van der Waals surface area contributed by atoms with Crippen LogP contribution in [0.2, 0.25) is 5.02 Å². The van der Waals surface area contributed by atoms with E-state index in [0.29, 0.717) is 47.1 Å². The molecule has 0 aromatic heterocycles. The maximum Gasteiger partial charge on any atom is 0.261 e. The topological polar surface area (TPSA) is 122 Å². The van der Waals surface area contributed by atoms with Gasteiger partial charge in [-0.15, -0.1) is 0 Å². The van der Waals surface area contributed by atoms with Crippen molar-refractivity contribution in [2.24, 2.45) is 0 Å². The number of aryl methyl sites for hydroxylation is 1. The molecule has 3 aromatic rings. The summed E-state index contributed by atoms with van der Waals surface area (Å²) < 4.78 is 61.9. The van der Waals surface area contributed by atoms with Gasteiger partial charge in [-0.2, -0.15) is 0 Å². The highest BCUT2D eigenvalue weighted by Gasteiger charge is 2.27. The largest absolute Gasteiger partial charge is 0.495 e. The summed E-state index contributed by atoms with van der Waals surface area (Å²) in [5.74, 6) is 0.287. The molecule has 1 amide bonds. The van der Waals surface area contributed by atoms with Gasteiger partial charge in [-0.25, -0.2) is 16.8 Å². The second kappa shape index (κ2) is 10.00. The third-order valence-electron chi connectivity index (χ3n) is 5.69. The molecule has 0 spiro atoms. The first-order valence-corrected chi connectivity index (χ1v) is 14.2. The van der Waals surface area contributed by atoms with Gasteiger partial charge < -0.3 is 9.64 Å². The second-order valence-corrected chi connectivity index (χ2v) is 12.0. The molecule has 0 bridgehead atoms. The van der Waals surface area contributed by atoms with Gasteiger partial charge in [-0.3, -0.25) is 14.2 Å². The van der Waals surface area contributed by atoms with E-state index in [2.05, 4.69) is 9.44 Å². The first kappa shape index (κ1) is 25.8. The summed E-state index contributed by atoms with van der Waals surface area (Å²) in [5.41, 5.74) is 1.59. The number of nitrogens with zero attached hydrogens (tertiary/aromatic N) is 1. The number of hydrogen-bond acceptors (Lipinski definition) is 6. The summed E-state index contributed by atoms with van der Waals surface area (Å²) >= 11 is 5.97. The highest BCUT2D eigenvalue weighted by Crippen LogP contribution is 2.34. The predicted molar refractivity (Wildman–Crippen MR) is 139 cm³/mol. The molecule has 9 nitrogen and oxygen atoms in total. The van der Waals surface area contributed by atoms with Crippen LogP contribution in [-0.2, 0) is 24.8 Å². The molecule has 1 heterocycles. The minimum atomic E-state index is -4.04. The van der Waals surface area contributed by atoms with E-state index in [1.807, 2.05) is 0 Å². The molecule has 1 fully saturated rings. The summed E-state index contributed by atoms with van der Waals surface area (Å²) in [4.78, 5) is 13.6. The van der Waals surface area contributed by atoms with E-state index in [9.17, 15) is 21.6 Å². The Bertz CT molecular complexity index is 1520. The fourth-order valence-electron chi connectivity index (χ4n) is 3.77. The van der Waals surface area contributed by atoms with Gasteiger partial charge >= 0.3 is 0 Å². The molecular weight excluding hydrogens is 526 g/mol. The van der Waals surface area contributed by atoms with Crippen molar-refractivity contribution < 1.29 is 26.4 Å². The molecular formula is C24H24ClN3O6S2. The average molecular weight is 550 g/mol. The van der Waals surface area contributed by atoms with E-state index in [1.165, 1.54) is 60.5 Å². The molecule has 4 rings (SSSR count). The van der Waals surface area contributed by atoms with Crippen LogP contribution in [0.15, 0.2) is 70.5 Å². The van der Waals surface area contributed by atoms with Crippen molar-refractivity contribution in [2.45, 2.75) is 29.6 Å². The lowest BCUT2D eigenvalue weighted by molar-refractivity contribution is -0.117. The zero-order valence-electron chi connectivity index (χ0n) is 19.5. The van der Waals surface area contributed by atoms with Crippen molar-refractivity contribution in [3.8, 4) is 5.75 Å². The Kier molecular flexibility index (Phi) is 7.17. The zero-order valence-corrected chi connectivity index (χ0v) is 21.9. The van der Waals surface area contributed by atoms with Gasteiger partial charge in [-0.1, -0.05) is 17.7 Å². The van der Waals surface area contributed by atoms with Crippen LogP contribution < -0.4 is 19.1 Å². The van der Waals surface area contributed by atoms with Crippen LogP contribution in [0.4, 0.5) is 17.1 Å². The fourth-order valence-corrected chi connectivity index (χ4v) is 6.15. The van der Waals surface area contributed by atoms with E-state index >= 15 is 0 Å². The SMILES string of the molecule is COc1ccc(S(=O)(=O)Nc2ccc(S(=O)(=O)Nc3cc(Cl)ccc3C)cc2)cc1N1CCCC1=O. The number of halogens is 1. The molecule has 0 unspecified atom stereocenters. The number of rotatable bonds is 8. The zero-order chi connectivity index (χ0) is 26.1. The molecule has 0 saturated carbocycles. The van der Waals surface area contributed by atoms with E-state index in [0.717, 1.165) is 0 Å². The first-order valence-electron chi connectivity index (χ1n) is 10.9. The monoisotopic (exact) mass is 549 g/mol. The molecule has 36 heavy (non-hydrogen) atoms. The fraction of sp³-hybridized carbons (Fsp3) is 0.208. The van der Waals surface area contributed by atoms with Gasteiger partial charge in [0.2, 0.25) is 5.91 Å². The number of sulfonamides is 2. The summed E-state index contributed by atoms with van der Waals surface area (Å²) in [6, 6.07) is 14.4. The highest BCUT2D eigenvalue weighted by molar-refractivity contribution is 7.93. The van der Waals surface area contributed by atoms with E-state index in [1.54, 1.807) is 19.1 Å². The first-order chi connectivity index (χ1) is 17.0. The third kappa shape index (κ3) is 5.43. The van der Waals surface area contributed by atoms with Gasteiger partial charge in [0.25, 0.3) is 20.0 Å². The minimum Gasteiger partial charge on any atom is -0.495 e. The maximum absolute atomic E-state index is 13.0. The van der Waals surface area contributed by atoms with Gasteiger partial charge in [0.15, 0.2) is 0 Å². The Hall–Kier alpha value is -3.28. The molecule has 1 aliphatic rings. The van der Waals surface area contributed by atoms with Crippen LogP contribution in [0.1, 0.15) is 18.4 Å². The Morgan fingerprint density at radius 1 is 0.889 bits per heavy atom. The standard InChI is InChI=1S/C24H24ClN3O6S2/c1-16-5-6-17(25)14-21(16)27-35(30,31)19-9-7-18(8-10-19)26-36(32,33)20-11-12-23(34-2)22(15-20)28-13-3-4-24(28)29/h5-12,14-15,26-27H,3-4,13H2,1-2H3. The lowest BCUT2D eigenvalue weighted by atomic mass is 10.2. The second-order valence-electron chi connectivity index (χ2n) is 8.18. The number of anilines is 3. The van der Waals surface area contributed by atoms with Crippen molar-refractivity contribution in [2.75, 3.05) is 28.0 Å². The van der Waals surface area contributed by atoms with Crippen LogP contribution in [0.3, 0.4) is 0 Å². The number of hydrogen-bond donors (Lipinski definition) is 2. The molecule has 2 N–H and O–H groups in total. The minimum absolute atomic E-state index is 0.0518. The summed E-state index contributed by atoms with van der Waals surface area (Å²) in [5, 5.41) is 0.388. The van der Waals surface area contributed by atoms with Gasteiger partial charge in [0, 0.05) is 23.7 Å². The summed E-state index contributed by atoms with van der Waals surface area (Å²) in [7, 11) is -6.52. The van der Waals surface area contributed by atoms with E-state index in [-0.39, 0.29) is 21.4 Å². The Morgan fingerprint density at radius 3 is 2.19 bits per heavy atom. The highest BCUT2D eigenvalue weighted by atomic mass is 35.5. The van der Waals surface area contributed by atoms with Crippen LogP contribution in [0.5, 0.6) is 5.75 Å². The number of amides is 1. The molecule has 190 valence electrons. The predicted octanol–water partition coefficient (Wildman–Crippen LogP) is 4.39. The molecule has 12 heteroatoms. The van der Waals surface area contributed by atoms with Gasteiger partial charge in [0.1, 0.15) is 5.75 Å². The van der Waals surface area contributed by atoms with Gasteiger partial charge in [0.05, 0.1) is 28.3 Å². The number of ether oxygens (including phenoxy) is 1. The summed E-state index contributed by atoms with van der Waals surface area (Å²) in [6.07, 6.45) is 1.07. The molecule has 1 saturated heterocycles. The van der Waals surface area contributed by atoms with Crippen LogP contribution >= 0.6 is 11.6 Å². The number of benzene rings is 3. The van der Waals surface area contributed by atoms with Crippen molar-refractivity contribution >= 4 is 54.6 Å².